The van der Waals surface area contributed by atoms with Gasteiger partial charge in [0.1, 0.15) is 0 Å². The van der Waals surface area contributed by atoms with E-state index >= 15 is 0 Å². The zero-order valence-corrected chi connectivity index (χ0v) is 10.8. The van der Waals surface area contributed by atoms with Gasteiger partial charge in [-0.25, -0.2) is 9.97 Å². The van der Waals surface area contributed by atoms with Gasteiger partial charge < -0.3 is 5.32 Å². The summed E-state index contributed by atoms with van der Waals surface area (Å²) in [4.78, 5) is 9.08. The molecule has 0 atom stereocenters. The van der Waals surface area contributed by atoms with Crippen molar-refractivity contribution >= 4 is 5.57 Å². The molecule has 0 aliphatic carbocycles. The number of hydrogen-bond donors (Lipinski definition) is 1. The summed E-state index contributed by atoms with van der Waals surface area (Å²) >= 11 is 0. The predicted octanol–water partition coefficient (Wildman–Crippen LogP) is 2.44. The van der Waals surface area contributed by atoms with E-state index in [1.54, 1.807) is 0 Å². The van der Waals surface area contributed by atoms with Crippen molar-refractivity contribution in [2.75, 3.05) is 13.1 Å². The maximum Gasteiger partial charge on any atom is 0.155 e. The van der Waals surface area contributed by atoms with E-state index in [4.69, 9.17) is 0 Å². The Bertz CT molecular complexity index is 576. The Morgan fingerprint density at radius 2 is 2.00 bits per heavy atom. The van der Waals surface area contributed by atoms with Crippen molar-refractivity contribution in [1.29, 1.82) is 0 Å². The Balaban J connectivity index is 1.82. The highest BCUT2D eigenvalue weighted by Crippen LogP contribution is 2.16. The minimum atomic E-state index is 0.863. The summed E-state index contributed by atoms with van der Waals surface area (Å²) in [7, 11) is 0. The van der Waals surface area contributed by atoms with Crippen LogP contribution < -0.4 is 5.32 Å². The third kappa shape index (κ3) is 3.06. The number of nitrogens with zero attached hydrogens (tertiary/aromatic N) is 2. The van der Waals surface area contributed by atoms with E-state index < -0.39 is 0 Å². The molecule has 3 nitrogen and oxygen atoms in total. The average Bonchev–Trinajstić information content (AvgIpc) is 2.49. The first-order valence-electron chi connectivity index (χ1n) is 6.68. The van der Waals surface area contributed by atoms with Crippen molar-refractivity contribution in [3.63, 3.8) is 0 Å². The molecule has 1 N–H and O–H groups in total. The lowest BCUT2D eigenvalue weighted by Gasteiger charge is -2.13. The van der Waals surface area contributed by atoms with Crippen molar-refractivity contribution in [1.82, 2.24) is 15.3 Å². The van der Waals surface area contributed by atoms with Gasteiger partial charge in [0, 0.05) is 24.9 Å². The summed E-state index contributed by atoms with van der Waals surface area (Å²) in [5.41, 5.74) is 3.62. The molecule has 0 bridgehead atoms. The van der Waals surface area contributed by atoms with Gasteiger partial charge in [0.05, 0.1) is 0 Å². The van der Waals surface area contributed by atoms with E-state index in [1.807, 2.05) is 18.3 Å². The monoisotopic (exact) mass is 251 g/mol. The number of aromatic nitrogens is 2. The highest BCUT2D eigenvalue weighted by Gasteiger charge is 2.09. The Morgan fingerprint density at radius 3 is 2.79 bits per heavy atom. The second-order valence-corrected chi connectivity index (χ2v) is 4.72. The molecule has 0 amide bonds. The first-order chi connectivity index (χ1) is 9.42. The molecule has 2 heterocycles. The number of rotatable bonds is 3. The third-order valence-corrected chi connectivity index (χ3v) is 3.29. The van der Waals surface area contributed by atoms with Crippen molar-refractivity contribution in [2.45, 2.75) is 12.8 Å². The van der Waals surface area contributed by atoms with E-state index in [0.717, 1.165) is 37.4 Å². The van der Waals surface area contributed by atoms with Gasteiger partial charge in [-0.2, -0.15) is 0 Å². The van der Waals surface area contributed by atoms with Gasteiger partial charge in [-0.15, -0.1) is 0 Å². The Hall–Kier alpha value is -2.00. The fraction of sp³-hybridized carbons (Fsp3) is 0.250. The topological polar surface area (TPSA) is 37.8 Å². The standard InChI is InChI=1S/C16H17N3/c1-2-4-13(5-3-1)12-15-8-11-18-16(19-15)14-6-9-17-10-7-14/h1-6,8,11,17H,7,9-10,12H2. The molecule has 0 spiro atoms. The quantitative estimate of drug-likeness (QED) is 0.910. The molecule has 1 aliphatic heterocycles. The lowest BCUT2D eigenvalue weighted by atomic mass is 10.1. The average molecular weight is 251 g/mol. The zero-order valence-electron chi connectivity index (χ0n) is 10.8. The molecule has 0 radical (unpaired) electrons. The van der Waals surface area contributed by atoms with Gasteiger partial charge in [0.15, 0.2) is 5.82 Å². The van der Waals surface area contributed by atoms with E-state index in [9.17, 15) is 0 Å². The minimum Gasteiger partial charge on any atom is -0.313 e. The SMILES string of the molecule is C1=C(c2nccc(Cc3ccccc3)n2)CCNC1. The highest BCUT2D eigenvalue weighted by atomic mass is 14.9. The molecule has 96 valence electrons. The fourth-order valence-corrected chi connectivity index (χ4v) is 2.28. The molecule has 0 unspecified atom stereocenters. The first-order valence-corrected chi connectivity index (χ1v) is 6.68. The summed E-state index contributed by atoms with van der Waals surface area (Å²) in [6, 6.07) is 12.4. The smallest absolute Gasteiger partial charge is 0.155 e. The van der Waals surface area contributed by atoms with Gasteiger partial charge in [0.2, 0.25) is 0 Å². The number of nitrogens with one attached hydrogen (secondary N) is 1. The van der Waals surface area contributed by atoms with Crippen LogP contribution in [0.4, 0.5) is 0 Å². The van der Waals surface area contributed by atoms with E-state index in [1.165, 1.54) is 11.1 Å². The maximum atomic E-state index is 4.68. The maximum absolute atomic E-state index is 4.68. The molecule has 19 heavy (non-hydrogen) atoms. The number of benzene rings is 1. The lowest BCUT2D eigenvalue weighted by molar-refractivity contribution is 0.733. The summed E-state index contributed by atoms with van der Waals surface area (Å²) in [6.45, 7) is 1.93. The first kappa shape index (κ1) is 12.1. The van der Waals surface area contributed by atoms with Gasteiger partial charge in [-0.3, -0.25) is 0 Å². The van der Waals surface area contributed by atoms with Crippen LogP contribution in [0, 0.1) is 0 Å². The Kier molecular flexibility index (Phi) is 3.65. The normalized spacial score (nSPS) is 15.1. The van der Waals surface area contributed by atoms with Crippen LogP contribution in [0.1, 0.15) is 23.5 Å². The molecule has 1 aromatic carbocycles. The summed E-state index contributed by atoms with van der Waals surface area (Å²) in [6.07, 6.45) is 5.92. The highest BCUT2D eigenvalue weighted by molar-refractivity contribution is 5.60. The molecule has 0 saturated heterocycles. The van der Waals surface area contributed by atoms with Crippen LogP contribution >= 0.6 is 0 Å². The van der Waals surface area contributed by atoms with E-state index in [2.05, 4.69) is 45.6 Å². The van der Waals surface area contributed by atoms with E-state index in [0.29, 0.717) is 0 Å². The predicted molar refractivity (Wildman–Crippen MR) is 76.7 cm³/mol. The van der Waals surface area contributed by atoms with Crippen LogP contribution in [0.3, 0.4) is 0 Å². The third-order valence-electron chi connectivity index (χ3n) is 3.29. The van der Waals surface area contributed by atoms with E-state index in [-0.39, 0.29) is 0 Å². The van der Waals surface area contributed by atoms with Gasteiger partial charge in [-0.1, -0.05) is 36.4 Å². The fourth-order valence-electron chi connectivity index (χ4n) is 2.28. The summed E-state index contributed by atoms with van der Waals surface area (Å²) < 4.78 is 0. The van der Waals surface area contributed by atoms with Gasteiger partial charge in [-0.05, 0) is 30.2 Å². The van der Waals surface area contributed by atoms with Crippen LogP contribution in [0.2, 0.25) is 0 Å². The van der Waals surface area contributed by atoms with Crippen LogP contribution in [-0.4, -0.2) is 23.1 Å². The second kappa shape index (κ2) is 5.76. The van der Waals surface area contributed by atoms with Crippen molar-refractivity contribution in [3.05, 3.63) is 65.8 Å². The molecule has 1 aliphatic rings. The lowest BCUT2D eigenvalue weighted by Crippen LogP contribution is -2.20. The van der Waals surface area contributed by atoms with Gasteiger partial charge >= 0.3 is 0 Å². The summed E-state index contributed by atoms with van der Waals surface area (Å²) in [5.74, 6) is 0.884. The minimum absolute atomic E-state index is 0.863. The molecule has 1 aromatic heterocycles. The molecule has 2 aromatic rings. The molecular formula is C16H17N3. The number of hydrogen-bond acceptors (Lipinski definition) is 3. The van der Waals surface area contributed by atoms with Crippen molar-refractivity contribution < 1.29 is 0 Å². The molecular weight excluding hydrogens is 234 g/mol. The van der Waals surface area contributed by atoms with Crippen molar-refractivity contribution in [2.24, 2.45) is 0 Å². The molecule has 0 fully saturated rings. The second-order valence-electron chi connectivity index (χ2n) is 4.72. The largest absolute Gasteiger partial charge is 0.313 e. The molecule has 0 saturated carbocycles. The van der Waals surface area contributed by atoms with Crippen LogP contribution in [-0.2, 0) is 6.42 Å². The van der Waals surface area contributed by atoms with Gasteiger partial charge in [0.25, 0.3) is 0 Å². The zero-order chi connectivity index (χ0) is 12.9. The van der Waals surface area contributed by atoms with Crippen LogP contribution in [0.5, 0.6) is 0 Å². The molecule has 3 heteroatoms. The molecule has 3 rings (SSSR count). The van der Waals surface area contributed by atoms with Crippen molar-refractivity contribution in [3.8, 4) is 0 Å². The van der Waals surface area contributed by atoms with Crippen LogP contribution in [0.25, 0.3) is 5.57 Å². The van der Waals surface area contributed by atoms with Crippen LogP contribution in [0.15, 0.2) is 48.7 Å². The Morgan fingerprint density at radius 1 is 1.11 bits per heavy atom. The summed E-state index contributed by atoms with van der Waals surface area (Å²) in [5, 5.41) is 3.31. The Labute approximate surface area is 113 Å².